The predicted molar refractivity (Wildman–Crippen MR) is 259 cm³/mol. The second-order valence-electron chi connectivity index (χ2n) is 19.1. The summed E-state index contributed by atoms with van der Waals surface area (Å²) in [5.41, 5.74) is 0.469. The number of rotatable bonds is 25. The number of sulfonamides is 1. The van der Waals surface area contributed by atoms with Crippen LogP contribution in [0.25, 0.3) is 0 Å². The van der Waals surface area contributed by atoms with Gasteiger partial charge in [0, 0.05) is 39.9 Å². The van der Waals surface area contributed by atoms with E-state index in [0.29, 0.717) is 31.4 Å². The van der Waals surface area contributed by atoms with Crippen LogP contribution in [0.2, 0.25) is 0 Å². The zero-order valence-electron chi connectivity index (χ0n) is 42.5. The van der Waals surface area contributed by atoms with Crippen LogP contribution in [0.1, 0.15) is 85.3 Å². The first kappa shape index (κ1) is 59.2. The molecule has 0 spiro atoms. The molecule has 0 radical (unpaired) electrons. The van der Waals surface area contributed by atoms with Crippen molar-refractivity contribution >= 4 is 51.2 Å². The predicted octanol–water partition coefficient (Wildman–Crippen LogP) is 4.51. The number of benzene rings is 2. The Morgan fingerprint density at radius 1 is 0.814 bits per heavy atom. The molecule has 70 heavy (non-hydrogen) atoms. The van der Waals surface area contributed by atoms with E-state index in [1.54, 1.807) is 59.4 Å². The van der Waals surface area contributed by atoms with Crippen LogP contribution in [-0.4, -0.2) is 149 Å². The van der Waals surface area contributed by atoms with Crippen molar-refractivity contribution < 1.29 is 59.8 Å². The lowest BCUT2D eigenvalue weighted by Gasteiger charge is -2.41. The van der Waals surface area contributed by atoms with Gasteiger partial charge in [-0.3, -0.25) is 38.4 Å². The number of halogens is 3. The second kappa shape index (κ2) is 26.4. The van der Waals surface area contributed by atoms with Gasteiger partial charge in [0.05, 0.1) is 48.4 Å². The highest BCUT2D eigenvalue weighted by Crippen LogP contribution is 2.30. The first-order chi connectivity index (χ1) is 32.7. The van der Waals surface area contributed by atoms with Crippen molar-refractivity contribution in [3.8, 4) is 0 Å². The van der Waals surface area contributed by atoms with Crippen LogP contribution in [0.4, 0.5) is 18.9 Å². The van der Waals surface area contributed by atoms with E-state index in [-0.39, 0.29) is 59.6 Å². The molecule has 2 aromatic carbocycles. The normalized spacial score (nSPS) is 17.7. The number of amides is 6. The first-order valence-electron chi connectivity index (χ1n) is 23.6. The molecule has 6 amide bonds. The molecular weight excluding hydrogens is 936 g/mol. The van der Waals surface area contributed by atoms with Crippen molar-refractivity contribution in [2.45, 2.75) is 135 Å². The minimum atomic E-state index is -5.13. The molecule has 9 atom stereocenters. The topological polar surface area (TPSA) is 213 Å². The molecule has 1 aliphatic heterocycles. The maximum atomic E-state index is 14.4. The molecule has 4 N–H and O–H groups in total. The monoisotopic (exact) mass is 1010 g/mol. The van der Waals surface area contributed by atoms with Gasteiger partial charge in [-0.1, -0.05) is 97.4 Å². The Bertz CT molecular complexity index is 2170. The molecule has 0 bridgehead atoms. The van der Waals surface area contributed by atoms with E-state index in [0.717, 1.165) is 12.1 Å². The molecule has 1 saturated heterocycles. The van der Waals surface area contributed by atoms with Crippen molar-refractivity contribution in [2.24, 2.45) is 23.7 Å². The maximum absolute atomic E-state index is 14.4. The number of alkyl halides is 3. The quantitative estimate of drug-likeness (QED) is 0.109. The Balaban J connectivity index is 1.81. The number of carbonyl (C=O) groups is 6. The lowest BCUT2D eigenvalue weighted by Crippen LogP contribution is -2.59. The number of nitrogens with zero attached hydrogens (tertiary/aromatic N) is 3. The lowest BCUT2D eigenvalue weighted by atomic mass is 9.89. The van der Waals surface area contributed by atoms with Crippen molar-refractivity contribution in [1.82, 2.24) is 30.1 Å². The van der Waals surface area contributed by atoms with E-state index in [1.807, 2.05) is 65.3 Å². The molecule has 21 heteroatoms. The number of likely N-dealkylation sites (tertiary alicyclic amines) is 1. The molecular formula is C49H74F3N7O10S. The van der Waals surface area contributed by atoms with Crippen molar-refractivity contribution in [1.29, 1.82) is 0 Å². The van der Waals surface area contributed by atoms with E-state index in [4.69, 9.17) is 9.47 Å². The smallest absolute Gasteiger partial charge is 0.379 e. The number of hydrogen-bond acceptors (Lipinski definition) is 11. The van der Waals surface area contributed by atoms with E-state index in [2.05, 4.69) is 10.6 Å². The summed E-state index contributed by atoms with van der Waals surface area (Å²) in [7, 11) is 3.76. The minimum Gasteiger partial charge on any atom is -0.379 e. The maximum Gasteiger partial charge on any atom is 0.471 e. The average molecular weight is 1010 g/mol. The van der Waals surface area contributed by atoms with Crippen LogP contribution in [0.3, 0.4) is 0 Å². The van der Waals surface area contributed by atoms with E-state index in [9.17, 15) is 50.4 Å². The lowest BCUT2D eigenvalue weighted by molar-refractivity contribution is -0.167. The molecule has 1 aliphatic rings. The summed E-state index contributed by atoms with van der Waals surface area (Å²) in [4.78, 5) is 86.5. The third kappa shape index (κ3) is 16.5. The average Bonchev–Trinajstić information content (AvgIpc) is 3.77. The van der Waals surface area contributed by atoms with Crippen molar-refractivity contribution in [3.05, 3.63) is 65.7 Å². The summed E-state index contributed by atoms with van der Waals surface area (Å²) in [6.07, 6.45) is -5.25. The minimum absolute atomic E-state index is 0.0152. The van der Waals surface area contributed by atoms with Crippen LogP contribution >= 0.6 is 0 Å². The third-order valence-corrected chi connectivity index (χ3v) is 14.2. The number of hydrogen-bond donors (Lipinski definition) is 4. The van der Waals surface area contributed by atoms with Gasteiger partial charge in [-0.15, -0.1) is 0 Å². The van der Waals surface area contributed by atoms with Crippen LogP contribution < -0.4 is 20.7 Å². The summed E-state index contributed by atoms with van der Waals surface area (Å²) < 4.78 is 78.6. The number of anilines is 1. The molecule has 0 aliphatic carbocycles. The summed E-state index contributed by atoms with van der Waals surface area (Å²) >= 11 is 0. The summed E-state index contributed by atoms with van der Waals surface area (Å²) in [5.74, 6) is -6.89. The van der Waals surface area contributed by atoms with Gasteiger partial charge in [-0.25, -0.2) is 8.42 Å². The molecule has 0 unspecified atom stereocenters. The van der Waals surface area contributed by atoms with E-state index >= 15 is 0 Å². The first-order valence-corrected chi connectivity index (χ1v) is 25.3. The molecule has 1 fully saturated rings. The van der Waals surface area contributed by atoms with Crippen molar-refractivity contribution in [2.75, 3.05) is 47.2 Å². The van der Waals surface area contributed by atoms with Crippen LogP contribution in [0.15, 0.2) is 54.6 Å². The Morgan fingerprint density at radius 2 is 1.43 bits per heavy atom. The van der Waals surface area contributed by atoms with Gasteiger partial charge in [0.25, 0.3) is 5.91 Å². The highest BCUT2D eigenvalue weighted by molar-refractivity contribution is 7.89. The van der Waals surface area contributed by atoms with Gasteiger partial charge in [0.2, 0.25) is 33.7 Å². The summed E-state index contributed by atoms with van der Waals surface area (Å²) in [6, 6.07) is 9.25. The van der Waals surface area contributed by atoms with Gasteiger partial charge in [0.15, 0.2) is 0 Å². The number of nitrogens with one attached hydrogen (secondary N) is 4. The van der Waals surface area contributed by atoms with E-state index in [1.165, 1.54) is 26.4 Å². The van der Waals surface area contributed by atoms with Gasteiger partial charge in [-0.05, 0) is 68.0 Å². The fourth-order valence-corrected chi connectivity index (χ4v) is 10.3. The highest BCUT2D eigenvalue weighted by Gasteiger charge is 2.44. The number of likely N-dealkylation sites (N-methyl/N-ethyl adjacent to an activating group) is 2. The van der Waals surface area contributed by atoms with Gasteiger partial charge >= 0.3 is 12.1 Å². The molecule has 392 valence electrons. The standard InChI is InChI=1S/C49H74F3N7O10S/c1-13-31(6)42(58(10)47(64)40(29(2)3)55-46(63)41(30(4)5)57(8)9)38(68-11)27-39(60)59-25-17-20-37(59)43(69-12)32(7)44(61)54-36(26-33-18-15-14-16-19-33)45(62)56-70(66,67)28-34-21-23-35(24-22-34)53-48(65)49(50,51)52/h14-16,18-19,21-24,29-32,36-38,40-43H,13,17,20,25-28H2,1-12H3,(H,53,65)(H,54,61)(H,55,63)(H,56,62)/t31-,32-,36+,37+,38-,40+,41+,42+,43-/m1/s1. The Labute approximate surface area is 411 Å². The number of ether oxygens (including phenoxy) is 2. The third-order valence-electron chi connectivity index (χ3n) is 12.9. The van der Waals surface area contributed by atoms with Gasteiger partial charge in [-0.2, -0.15) is 13.2 Å². The van der Waals surface area contributed by atoms with Crippen LogP contribution in [0, 0.1) is 23.7 Å². The largest absolute Gasteiger partial charge is 0.471 e. The highest BCUT2D eigenvalue weighted by atomic mass is 32.2. The fourth-order valence-electron chi connectivity index (χ4n) is 9.14. The SMILES string of the molecule is CC[C@@H](C)[C@@H]([C@@H](CC(=O)N1CCC[C@H]1[C@H](OC)[C@@H](C)C(=O)N[C@@H](Cc1ccccc1)C(=O)NS(=O)(=O)Cc1ccc(NC(=O)C(F)(F)F)cc1)OC)N(C)C(=O)[C@@H](NC(=O)[C@H](C(C)C)N(C)C)C(C)C. The van der Waals surface area contributed by atoms with Crippen LogP contribution in [0.5, 0.6) is 0 Å². The van der Waals surface area contributed by atoms with E-state index < -0.39 is 88.0 Å². The molecule has 0 aromatic heterocycles. The molecule has 2 aromatic rings. The summed E-state index contributed by atoms with van der Waals surface area (Å²) in [5, 5.41) is 7.37. The number of carbonyl (C=O) groups excluding carboxylic acids is 6. The Morgan fingerprint density at radius 3 is 1.94 bits per heavy atom. The van der Waals surface area contributed by atoms with Crippen molar-refractivity contribution in [3.63, 3.8) is 0 Å². The Kier molecular flexibility index (Phi) is 22.3. The number of methoxy groups -OCH3 is 2. The zero-order chi connectivity index (χ0) is 52.8. The van der Waals surface area contributed by atoms with Gasteiger partial charge < -0.3 is 35.2 Å². The van der Waals surface area contributed by atoms with Gasteiger partial charge in [0.1, 0.15) is 12.1 Å². The molecule has 1 heterocycles. The van der Waals surface area contributed by atoms with Crippen LogP contribution in [-0.2, 0) is 60.4 Å². The Hall–Kier alpha value is -5.12. The molecule has 17 nitrogen and oxygen atoms in total. The second-order valence-corrected chi connectivity index (χ2v) is 20.8. The molecule has 3 rings (SSSR count). The zero-order valence-corrected chi connectivity index (χ0v) is 43.3. The summed E-state index contributed by atoms with van der Waals surface area (Å²) in [6.45, 7) is 13.5. The molecule has 0 saturated carbocycles. The fraction of sp³-hybridized carbons (Fsp3) is 0.633.